The van der Waals surface area contributed by atoms with E-state index in [1.807, 2.05) is 0 Å². The number of ether oxygens (including phenoxy) is 1. The van der Waals surface area contributed by atoms with Gasteiger partial charge in [0.2, 0.25) is 5.96 Å². The Balaban J connectivity index is 1.72. The predicted molar refractivity (Wildman–Crippen MR) is 100 cm³/mol. The molecule has 1 aliphatic rings. The lowest BCUT2D eigenvalue weighted by Crippen LogP contribution is -2.36. The van der Waals surface area contributed by atoms with E-state index >= 15 is 0 Å². The lowest BCUT2D eigenvalue weighted by atomic mass is 10.2. The highest BCUT2D eigenvalue weighted by Crippen LogP contribution is 2.13. The topological polar surface area (TPSA) is 62.7 Å². The summed E-state index contributed by atoms with van der Waals surface area (Å²) in [6.45, 7) is 1.17. The molecule has 1 aliphatic heterocycles. The summed E-state index contributed by atoms with van der Waals surface area (Å²) in [4.78, 5) is 16.9. The van der Waals surface area contributed by atoms with Crippen LogP contribution in [0.25, 0.3) is 0 Å². The number of nitrogens with one attached hydrogen (secondary N) is 2. The molecule has 0 aliphatic carbocycles. The van der Waals surface area contributed by atoms with Crippen molar-refractivity contribution in [3.05, 3.63) is 64.9 Å². The maximum atomic E-state index is 13.1. The summed E-state index contributed by atoms with van der Waals surface area (Å²) in [5.74, 6) is -0.368. The number of hydrogen-bond acceptors (Lipinski definition) is 3. The summed E-state index contributed by atoms with van der Waals surface area (Å²) in [5.41, 5.74) is 1.08. The van der Waals surface area contributed by atoms with Gasteiger partial charge in [0.05, 0.1) is 12.6 Å². The van der Waals surface area contributed by atoms with Crippen molar-refractivity contribution < 1.29 is 13.9 Å². The van der Waals surface area contributed by atoms with Crippen LogP contribution in [0.1, 0.15) is 23.2 Å². The molecule has 0 radical (unpaired) electrons. The highest BCUT2D eigenvalue weighted by atomic mass is 35.5. The van der Waals surface area contributed by atoms with Crippen LogP contribution < -0.4 is 10.6 Å². The minimum atomic E-state index is -0.335. The number of halogens is 2. The fourth-order valence-electron chi connectivity index (χ4n) is 2.54. The number of guanidine groups is 1. The molecule has 1 saturated heterocycles. The summed E-state index contributed by atoms with van der Waals surface area (Å²) in [6, 6.07) is 12.4. The molecule has 136 valence electrons. The number of nitrogens with zero attached hydrogens (tertiary/aromatic N) is 1. The second-order valence-corrected chi connectivity index (χ2v) is 6.35. The Morgan fingerprint density at radius 1 is 1.19 bits per heavy atom. The van der Waals surface area contributed by atoms with E-state index in [1.165, 1.54) is 12.1 Å². The molecule has 26 heavy (non-hydrogen) atoms. The van der Waals surface area contributed by atoms with E-state index < -0.39 is 0 Å². The first-order valence-corrected chi connectivity index (χ1v) is 8.73. The Kier molecular flexibility index (Phi) is 6.20. The van der Waals surface area contributed by atoms with Crippen LogP contribution >= 0.6 is 11.6 Å². The first-order chi connectivity index (χ1) is 12.6. The zero-order valence-electron chi connectivity index (χ0n) is 14.0. The number of amides is 1. The van der Waals surface area contributed by atoms with Gasteiger partial charge in [-0.3, -0.25) is 10.1 Å². The van der Waals surface area contributed by atoms with Crippen LogP contribution in [0.2, 0.25) is 5.02 Å². The lowest BCUT2D eigenvalue weighted by Gasteiger charge is -2.13. The van der Waals surface area contributed by atoms with Crippen molar-refractivity contribution in [2.24, 2.45) is 4.99 Å². The van der Waals surface area contributed by atoms with Crippen molar-refractivity contribution >= 4 is 29.2 Å². The predicted octanol–water partition coefficient (Wildman–Crippen LogP) is 3.86. The van der Waals surface area contributed by atoms with Gasteiger partial charge in [0.15, 0.2) is 0 Å². The van der Waals surface area contributed by atoms with Crippen LogP contribution in [0.15, 0.2) is 53.5 Å². The number of carbonyl (C=O) groups excluding carboxylic acids is 1. The fourth-order valence-corrected chi connectivity index (χ4v) is 2.67. The molecule has 0 bridgehead atoms. The van der Waals surface area contributed by atoms with E-state index in [1.54, 1.807) is 36.4 Å². The number of rotatable bonds is 4. The van der Waals surface area contributed by atoms with Crippen LogP contribution in [0.4, 0.5) is 10.1 Å². The number of carbonyl (C=O) groups is 1. The molecule has 0 spiro atoms. The van der Waals surface area contributed by atoms with Crippen molar-refractivity contribution in [2.75, 3.05) is 18.5 Å². The zero-order valence-corrected chi connectivity index (χ0v) is 14.8. The summed E-state index contributed by atoms with van der Waals surface area (Å²) >= 11 is 5.85. The maximum absolute atomic E-state index is 13.1. The molecular weight excluding hydrogens is 357 g/mol. The smallest absolute Gasteiger partial charge is 0.257 e. The van der Waals surface area contributed by atoms with Crippen molar-refractivity contribution in [1.82, 2.24) is 5.32 Å². The fraction of sp³-hybridized carbons (Fsp3) is 0.263. The first kappa shape index (κ1) is 18.4. The Bertz CT molecular complexity index is 772. The van der Waals surface area contributed by atoms with Gasteiger partial charge < -0.3 is 10.1 Å². The van der Waals surface area contributed by atoms with Gasteiger partial charge in [-0.1, -0.05) is 11.6 Å². The normalized spacial score (nSPS) is 17.2. The van der Waals surface area contributed by atoms with Gasteiger partial charge in [0.25, 0.3) is 5.91 Å². The van der Waals surface area contributed by atoms with Gasteiger partial charge in [-0.2, -0.15) is 0 Å². The van der Waals surface area contributed by atoms with Crippen molar-refractivity contribution in [3.63, 3.8) is 0 Å². The third kappa shape index (κ3) is 5.28. The van der Waals surface area contributed by atoms with Gasteiger partial charge in [-0.05, 0) is 61.4 Å². The largest absolute Gasteiger partial charge is 0.376 e. The molecule has 1 atom stereocenters. The summed E-state index contributed by atoms with van der Waals surface area (Å²) < 4.78 is 18.6. The minimum Gasteiger partial charge on any atom is -0.376 e. The molecule has 5 nitrogen and oxygen atoms in total. The van der Waals surface area contributed by atoms with Gasteiger partial charge in [-0.25, -0.2) is 9.38 Å². The van der Waals surface area contributed by atoms with Crippen molar-refractivity contribution in [1.29, 1.82) is 0 Å². The monoisotopic (exact) mass is 375 g/mol. The molecule has 2 aromatic rings. The zero-order chi connectivity index (χ0) is 18.4. The van der Waals surface area contributed by atoms with Crippen LogP contribution in [-0.4, -0.2) is 31.1 Å². The number of hydrogen-bond donors (Lipinski definition) is 2. The molecule has 2 aromatic carbocycles. The SMILES string of the molecule is O=C(NC(=NC[C@H]1CCCO1)Nc1ccc(F)cc1)c1ccc(Cl)cc1. The molecule has 7 heteroatoms. The number of anilines is 1. The molecule has 0 unspecified atom stereocenters. The summed E-state index contributed by atoms with van der Waals surface area (Å²) in [6.07, 6.45) is 2.00. The molecule has 0 aromatic heterocycles. The van der Waals surface area contributed by atoms with E-state index in [9.17, 15) is 9.18 Å². The highest BCUT2D eigenvalue weighted by Gasteiger charge is 2.16. The number of aliphatic imine (C=N–C) groups is 1. The third-order valence-electron chi connectivity index (χ3n) is 3.92. The van der Waals surface area contributed by atoms with Gasteiger partial charge in [-0.15, -0.1) is 0 Å². The molecule has 3 rings (SSSR count). The average Bonchev–Trinajstić information content (AvgIpc) is 3.15. The second-order valence-electron chi connectivity index (χ2n) is 5.92. The number of benzene rings is 2. The molecular formula is C19H19ClFN3O2. The van der Waals surface area contributed by atoms with Crippen molar-refractivity contribution in [3.8, 4) is 0 Å². The second kappa shape index (κ2) is 8.78. The summed E-state index contributed by atoms with van der Waals surface area (Å²) in [5, 5.41) is 6.31. The van der Waals surface area contributed by atoms with E-state index in [2.05, 4.69) is 15.6 Å². The highest BCUT2D eigenvalue weighted by molar-refractivity contribution is 6.30. The Hall–Kier alpha value is -2.44. The first-order valence-electron chi connectivity index (χ1n) is 8.36. The van der Waals surface area contributed by atoms with Crippen LogP contribution in [0.5, 0.6) is 0 Å². The lowest BCUT2D eigenvalue weighted by molar-refractivity contribution is 0.0975. The minimum absolute atomic E-state index is 0.0486. The summed E-state index contributed by atoms with van der Waals surface area (Å²) in [7, 11) is 0. The quantitative estimate of drug-likeness (QED) is 0.630. The Labute approximate surface area is 156 Å². The molecule has 2 N–H and O–H groups in total. The Morgan fingerprint density at radius 2 is 1.92 bits per heavy atom. The molecule has 1 amide bonds. The van der Waals surface area contributed by atoms with Gasteiger partial charge in [0, 0.05) is 22.9 Å². The van der Waals surface area contributed by atoms with Crippen LogP contribution in [0, 0.1) is 5.82 Å². The van der Waals surface area contributed by atoms with Gasteiger partial charge >= 0.3 is 0 Å². The third-order valence-corrected chi connectivity index (χ3v) is 4.17. The standard InChI is InChI=1S/C19H19ClFN3O2/c20-14-5-3-13(4-6-14)18(25)24-19(22-12-17-2-1-11-26-17)23-16-9-7-15(21)8-10-16/h3-10,17H,1-2,11-12H2,(H2,22,23,24,25)/t17-/m1/s1. The molecule has 1 fully saturated rings. The molecule has 0 saturated carbocycles. The van der Waals surface area contributed by atoms with E-state index in [0.29, 0.717) is 22.8 Å². The van der Waals surface area contributed by atoms with Crippen molar-refractivity contribution in [2.45, 2.75) is 18.9 Å². The van der Waals surface area contributed by atoms with E-state index in [4.69, 9.17) is 16.3 Å². The van der Waals surface area contributed by atoms with Crippen LogP contribution in [-0.2, 0) is 4.74 Å². The van der Waals surface area contributed by atoms with Gasteiger partial charge in [0.1, 0.15) is 5.82 Å². The van der Waals surface area contributed by atoms with Crippen LogP contribution in [0.3, 0.4) is 0 Å². The van der Waals surface area contributed by atoms with E-state index in [-0.39, 0.29) is 23.8 Å². The molecule has 1 heterocycles. The maximum Gasteiger partial charge on any atom is 0.257 e. The van der Waals surface area contributed by atoms with E-state index in [0.717, 1.165) is 19.4 Å². The Morgan fingerprint density at radius 3 is 2.58 bits per heavy atom. The average molecular weight is 376 g/mol.